The van der Waals surface area contributed by atoms with E-state index in [4.69, 9.17) is 4.74 Å². The molecule has 3 aromatic carbocycles. The van der Waals surface area contributed by atoms with Gasteiger partial charge < -0.3 is 14.3 Å². The Balaban J connectivity index is 1.30. The van der Waals surface area contributed by atoms with Crippen LogP contribution in [0.1, 0.15) is 41.5 Å². The van der Waals surface area contributed by atoms with Gasteiger partial charge in [0.15, 0.2) is 6.10 Å². The molecule has 0 saturated carbocycles. The summed E-state index contributed by atoms with van der Waals surface area (Å²) in [6, 6.07) is 27.1. The quantitative estimate of drug-likeness (QED) is 0.372. The zero-order valence-electron chi connectivity index (χ0n) is 20.6. The zero-order chi connectivity index (χ0) is 24.3. The van der Waals surface area contributed by atoms with E-state index in [-0.39, 0.29) is 6.10 Å². The summed E-state index contributed by atoms with van der Waals surface area (Å²) in [4.78, 5) is 13.7. The fraction of sp³-hybridized carbons (Fsp3) is 0.387. The molecule has 1 N–H and O–H groups in total. The number of quaternary nitrogens is 1. The van der Waals surface area contributed by atoms with Crippen LogP contribution in [-0.2, 0) is 21.6 Å². The Hall–Kier alpha value is -2.95. The van der Waals surface area contributed by atoms with Crippen molar-refractivity contribution in [2.24, 2.45) is 5.92 Å². The summed E-state index contributed by atoms with van der Waals surface area (Å²) < 4.78 is 7.22. The van der Waals surface area contributed by atoms with Crippen LogP contribution in [0.2, 0.25) is 0 Å². The second kappa shape index (κ2) is 9.96. The first-order valence-corrected chi connectivity index (χ1v) is 12.9. The SMILES string of the molecule is Cc1cccc(CCC[N+]23CCC(CC2)C(OC(=O)C(O)(c2ccccc2)c2ccccc2)C3)c1. The van der Waals surface area contributed by atoms with Crippen LogP contribution in [0.4, 0.5) is 0 Å². The van der Waals surface area contributed by atoms with Gasteiger partial charge in [0.2, 0.25) is 5.60 Å². The van der Waals surface area contributed by atoms with Gasteiger partial charge in [0.1, 0.15) is 6.54 Å². The number of hydrogen-bond donors (Lipinski definition) is 1. The lowest BCUT2D eigenvalue weighted by Gasteiger charge is -2.52. The highest BCUT2D eigenvalue weighted by Gasteiger charge is 2.50. The van der Waals surface area contributed by atoms with Crippen molar-refractivity contribution in [2.75, 3.05) is 26.2 Å². The topological polar surface area (TPSA) is 46.5 Å². The van der Waals surface area contributed by atoms with Gasteiger partial charge in [0.05, 0.1) is 19.6 Å². The fourth-order valence-electron chi connectivity index (χ4n) is 6.14. The minimum Gasteiger partial charge on any atom is -0.453 e. The molecule has 182 valence electrons. The second-order valence-corrected chi connectivity index (χ2v) is 10.5. The maximum absolute atomic E-state index is 13.7. The number of aryl methyl sites for hydroxylation is 2. The van der Waals surface area contributed by atoms with Gasteiger partial charge in [-0.3, -0.25) is 0 Å². The highest BCUT2D eigenvalue weighted by Crippen LogP contribution is 2.38. The first kappa shape index (κ1) is 23.8. The summed E-state index contributed by atoms with van der Waals surface area (Å²) in [6.45, 7) is 6.42. The van der Waals surface area contributed by atoms with Gasteiger partial charge in [-0.25, -0.2) is 4.79 Å². The molecule has 3 saturated heterocycles. The molecule has 3 aromatic rings. The molecule has 6 rings (SSSR count). The van der Waals surface area contributed by atoms with Gasteiger partial charge >= 0.3 is 5.97 Å². The maximum Gasteiger partial charge on any atom is 0.348 e. The van der Waals surface area contributed by atoms with Crippen molar-refractivity contribution in [2.45, 2.75) is 44.3 Å². The Morgan fingerprint density at radius 3 is 2.17 bits per heavy atom. The molecule has 4 heteroatoms. The molecule has 3 aliphatic heterocycles. The smallest absolute Gasteiger partial charge is 0.348 e. The number of aliphatic hydroxyl groups is 1. The zero-order valence-corrected chi connectivity index (χ0v) is 20.6. The van der Waals surface area contributed by atoms with Crippen LogP contribution >= 0.6 is 0 Å². The predicted octanol–water partition coefficient (Wildman–Crippen LogP) is 5.02. The fourth-order valence-corrected chi connectivity index (χ4v) is 6.14. The van der Waals surface area contributed by atoms with Crippen molar-refractivity contribution in [3.8, 4) is 0 Å². The third-order valence-electron chi connectivity index (χ3n) is 8.16. The number of rotatable bonds is 8. The molecule has 4 nitrogen and oxygen atoms in total. The summed E-state index contributed by atoms with van der Waals surface area (Å²) in [5.41, 5.74) is 1.97. The highest BCUT2D eigenvalue weighted by molar-refractivity contribution is 5.85. The Labute approximate surface area is 208 Å². The van der Waals surface area contributed by atoms with Crippen molar-refractivity contribution in [3.63, 3.8) is 0 Å². The van der Waals surface area contributed by atoms with Crippen LogP contribution in [0.15, 0.2) is 84.9 Å². The minimum atomic E-state index is -1.81. The number of ether oxygens (including phenoxy) is 1. The number of piperidine rings is 3. The molecule has 3 heterocycles. The summed E-state index contributed by atoms with van der Waals surface area (Å²) in [5, 5.41) is 11.8. The third-order valence-corrected chi connectivity index (χ3v) is 8.16. The summed E-state index contributed by atoms with van der Waals surface area (Å²) >= 11 is 0. The van der Waals surface area contributed by atoms with Gasteiger partial charge in [-0.2, -0.15) is 0 Å². The number of esters is 1. The lowest BCUT2D eigenvalue weighted by molar-refractivity contribution is -0.946. The second-order valence-electron chi connectivity index (χ2n) is 10.5. The maximum atomic E-state index is 13.7. The molecular formula is C31H36NO3+. The van der Waals surface area contributed by atoms with Crippen LogP contribution in [0.25, 0.3) is 0 Å². The number of carbonyl (C=O) groups excluding carboxylic acids is 1. The highest BCUT2D eigenvalue weighted by atomic mass is 16.6. The van der Waals surface area contributed by atoms with E-state index < -0.39 is 11.6 Å². The molecule has 0 radical (unpaired) electrons. The largest absolute Gasteiger partial charge is 0.453 e. The Kier molecular flexibility index (Phi) is 6.77. The van der Waals surface area contributed by atoms with E-state index in [0.29, 0.717) is 17.0 Å². The summed E-state index contributed by atoms with van der Waals surface area (Å²) in [6.07, 6.45) is 4.22. The molecule has 2 bridgehead atoms. The number of benzene rings is 3. The molecule has 0 aromatic heterocycles. The molecule has 0 aliphatic carbocycles. The van der Waals surface area contributed by atoms with Crippen molar-refractivity contribution in [3.05, 3.63) is 107 Å². The average molecular weight is 471 g/mol. The van der Waals surface area contributed by atoms with Crippen molar-refractivity contribution < 1.29 is 19.1 Å². The Morgan fingerprint density at radius 1 is 0.943 bits per heavy atom. The van der Waals surface area contributed by atoms with Crippen molar-refractivity contribution in [1.82, 2.24) is 0 Å². The molecule has 3 aliphatic rings. The van der Waals surface area contributed by atoms with E-state index in [1.54, 1.807) is 24.3 Å². The van der Waals surface area contributed by atoms with Crippen molar-refractivity contribution >= 4 is 5.97 Å². The number of carbonyl (C=O) groups is 1. The van der Waals surface area contributed by atoms with E-state index in [1.165, 1.54) is 11.1 Å². The predicted molar refractivity (Wildman–Crippen MR) is 138 cm³/mol. The van der Waals surface area contributed by atoms with Crippen LogP contribution < -0.4 is 0 Å². The molecule has 0 spiro atoms. The molecule has 0 amide bonds. The summed E-state index contributed by atoms with van der Waals surface area (Å²) in [5.74, 6) is -0.182. The van der Waals surface area contributed by atoms with Crippen LogP contribution in [0, 0.1) is 12.8 Å². The van der Waals surface area contributed by atoms with Crippen LogP contribution in [-0.4, -0.2) is 47.8 Å². The van der Waals surface area contributed by atoms with Gasteiger partial charge in [-0.1, -0.05) is 90.5 Å². The monoisotopic (exact) mass is 470 g/mol. The summed E-state index contributed by atoms with van der Waals surface area (Å²) in [7, 11) is 0. The molecular weight excluding hydrogens is 434 g/mol. The first-order valence-electron chi connectivity index (χ1n) is 12.9. The van der Waals surface area contributed by atoms with E-state index in [0.717, 1.165) is 56.3 Å². The number of hydrogen-bond acceptors (Lipinski definition) is 3. The van der Waals surface area contributed by atoms with Gasteiger partial charge in [0.25, 0.3) is 0 Å². The molecule has 1 unspecified atom stereocenters. The van der Waals surface area contributed by atoms with Crippen molar-refractivity contribution in [1.29, 1.82) is 0 Å². The van der Waals surface area contributed by atoms with Gasteiger partial charge in [-0.15, -0.1) is 0 Å². The van der Waals surface area contributed by atoms with Gasteiger partial charge in [-0.05, 0) is 30.0 Å². The normalized spacial score (nSPS) is 23.7. The Morgan fingerprint density at radius 2 is 1.57 bits per heavy atom. The lowest BCUT2D eigenvalue weighted by atomic mass is 9.82. The average Bonchev–Trinajstić information content (AvgIpc) is 2.90. The molecule has 3 fully saturated rings. The third kappa shape index (κ3) is 4.91. The number of nitrogens with zero attached hydrogens (tertiary/aromatic N) is 1. The number of fused-ring (bicyclic) bond motifs is 3. The Bertz CT molecular complexity index is 1100. The standard InChI is InChI=1S/C31H36NO3/c1-24-10-8-11-25(22-24)12-9-19-32-20-17-26(18-21-32)29(23-32)35-30(33)31(34,27-13-4-2-5-14-27)28-15-6-3-7-16-28/h2-8,10-11,13-16,22,26,29,34H,9,12,17-21,23H2,1H3/q+1. The minimum absolute atomic E-state index is 0.150. The van der Waals surface area contributed by atoms with Gasteiger partial charge in [0, 0.05) is 25.2 Å². The van der Waals surface area contributed by atoms with Crippen LogP contribution in [0.3, 0.4) is 0 Å². The van der Waals surface area contributed by atoms with E-state index in [2.05, 4.69) is 31.2 Å². The van der Waals surface area contributed by atoms with Crippen LogP contribution in [0.5, 0.6) is 0 Å². The lowest BCUT2D eigenvalue weighted by Crippen LogP contribution is -2.65. The molecule has 1 atom stereocenters. The van der Waals surface area contributed by atoms with E-state index >= 15 is 0 Å². The van der Waals surface area contributed by atoms with E-state index in [1.807, 2.05) is 36.4 Å². The molecule has 35 heavy (non-hydrogen) atoms. The van der Waals surface area contributed by atoms with E-state index in [9.17, 15) is 9.90 Å². The first-order chi connectivity index (χ1) is 17.0.